The minimum atomic E-state index is 1.14. The Kier molecular flexibility index (Phi) is 6.60. The molecule has 13 rings (SSSR count). The van der Waals surface area contributed by atoms with Gasteiger partial charge in [-0.25, -0.2) is 0 Å². The first-order valence-electron chi connectivity index (χ1n) is 19.8. The van der Waals surface area contributed by atoms with Crippen molar-refractivity contribution in [2.75, 3.05) is 0 Å². The summed E-state index contributed by atoms with van der Waals surface area (Å²) in [7, 11) is 0. The van der Waals surface area contributed by atoms with Crippen LogP contribution in [-0.4, -0.2) is 13.7 Å². The van der Waals surface area contributed by atoms with Gasteiger partial charge in [0.05, 0.1) is 33.1 Å². The van der Waals surface area contributed by atoms with Crippen LogP contribution in [0.5, 0.6) is 0 Å². The lowest BCUT2D eigenvalue weighted by Gasteiger charge is -2.14. The molecule has 270 valence electrons. The van der Waals surface area contributed by atoms with Crippen LogP contribution >= 0.6 is 11.3 Å². The number of aromatic nitrogens is 3. The molecular weight excluding hydrogens is 723 g/mol. The fraction of sp³-hybridized carbons (Fsp3) is 0. The highest BCUT2D eigenvalue weighted by molar-refractivity contribution is 7.26. The average Bonchev–Trinajstić information content (AvgIpc) is 4.02. The molecule has 0 aliphatic rings. The Labute approximate surface area is 337 Å². The lowest BCUT2D eigenvalue weighted by Crippen LogP contribution is -1.96. The molecule has 0 atom stereocenters. The first-order valence-corrected chi connectivity index (χ1v) is 20.7. The van der Waals surface area contributed by atoms with E-state index < -0.39 is 0 Å². The third-order valence-electron chi connectivity index (χ3n) is 12.2. The van der Waals surface area contributed by atoms with Gasteiger partial charge in [-0.3, -0.25) is 0 Å². The van der Waals surface area contributed by atoms with Crippen molar-refractivity contribution in [1.82, 2.24) is 13.7 Å². The molecule has 0 bridgehead atoms. The number of fused-ring (bicyclic) bond motifs is 12. The third kappa shape index (κ3) is 4.43. The van der Waals surface area contributed by atoms with Crippen LogP contribution in [0.2, 0.25) is 0 Å². The van der Waals surface area contributed by atoms with Crippen molar-refractivity contribution in [3.8, 4) is 28.2 Å². The van der Waals surface area contributed by atoms with Gasteiger partial charge in [0.15, 0.2) is 0 Å². The molecule has 0 saturated heterocycles. The molecule has 0 N–H and O–H groups in total. The van der Waals surface area contributed by atoms with E-state index in [1.165, 1.54) is 102 Å². The van der Waals surface area contributed by atoms with Crippen LogP contribution in [0.4, 0.5) is 0 Å². The van der Waals surface area contributed by atoms with E-state index in [1.807, 2.05) is 11.3 Å². The standard InChI is InChI=1S/C54H33N3S/c1-2-14-35(15-3-1)55-49-23-11-6-18-40(49)44-32-45-41-19-7-12-24-50(41)56(52(45)33-51(44)55)36-28-26-34(27-29-36)43-30-37(31-46-42-20-8-13-25-53(42)58-54(43)46)57-47-21-9-4-16-38(47)39-17-5-10-22-48(39)57/h1-33H. The molecule has 58 heavy (non-hydrogen) atoms. The molecule has 0 aliphatic carbocycles. The van der Waals surface area contributed by atoms with Crippen molar-refractivity contribution in [2.45, 2.75) is 0 Å². The molecule has 0 amide bonds. The summed E-state index contributed by atoms with van der Waals surface area (Å²) < 4.78 is 9.92. The number of para-hydroxylation sites is 5. The molecule has 0 radical (unpaired) electrons. The molecule has 4 aromatic heterocycles. The summed E-state index contributed by atoms with van der Waals surface area (Å²) in [5, 5.41) is 10.2. The van der Waals surface area contributed by atoms with Crippen molar-refractivity contribution in [2.24, 2.45) is 0 Å². The quantitative estimate of drug-likeness (QED) is 0.170. The van der Waals surface area contributed by atoms with Crippen molar-refractivity contribution < 1.29 is 0 Å². The van der Waals surface area contributed by atoms with Gasteiger partial charge in [-0.1, -0.05) is 121 Å². The van der Waals surface area contributed by atoms with Gasteiger partial charge in [0.2, 0.25) is 0 Å². The van der Waals surface area contributed by atoms with E-state index in [-0.39, 0.29) is 0 Å². The van der Waals surface area contributed by atoms with Crippen molar-refractivity contribution >= 4 is 96.9 Å². The number of hydrogen-bond donors (Lipinski definition) is 0. The van der Waals surface area contributed by atoms with Crippen LogP contribution < -0.4 is 0 Å². The summed E-state index contributed by atoms with van der Waals surface area (Å²) >= 11 is 1.89. The number of rotatable bonds is 4. The molecule has 0 spiro atoms. The van der Waals surface area contributed by atoms with Gasteiger partial charge >= 0.3 is 0 Å². The van der Waals surface area contributed by atoms with Crippen LogP contribution in [0.3, 0.4) is 0 Å². The van der Waals surface area contributed by atoms with Crippen LogP contribution in [-0.2, 0) is 0 Å². The van der Waals surface area contributed by atoms with E-state index in [0.717, 1.165) is 11.4 Å². The maximum absolute atomic E-state index is 2.45. The van der Waals surface area contributed by atoms with Gasteiger partial charge < -0.3 is 13.7 Å². The third-order valence-corrected chi connectivity index (χ3v) is 13.4. The molecule has 13 aromatic rings. The summed E-state index contributed by atoms with van der Waals surface area (Å²) in [6, 6.07) is 73.7. The predicted octanol–water partition coefficient (Wildman–Crippen LogP) is 15.0. The summed E-state index contributed by atoms with van der Waals surface area (Å²) in [6.07, 6.45) is 0. The molecule has 0 aliphatic heterocycles. The minimum absolute atomic E-state index is 1.14. The zero-order valence-electron chi connectivity index (χ0n) is 31.3. The largest absolute Gasteiger partial charge is 0.309 e. The first-order chi connectivity index (χ1) is 28.8. The van der Waals surface area contributed by atoms with Gasteiger partial charge in [0, 0.05) is 75.1 Å². The van der Waals surface area contributed by atoms with Gasteiger partial charge in [0.1, 0.15) is 0 Å². The minimum Gasteiger partial charge on any atom is -0.309 e. The molecule has 4 heteroatoms. The highest BCUT2D eigenvalue weighted by Gasteiger charge is 2.20. The fourth-order valence-corrected chi connectivity index (χ4v) is 10.9. The van der Waals surface area contributed by atoms with E-state index >= 15 is 0 Å². The molecule has 0 saturated carbocycles. The highest BCUT2D eigenvalue weighted by atomic mass is 32.1. The number of nitrogens with zero attached hydrogens (tertiary/aromatic N) is 3. The summed E-state index contributed by atoms with van der Waals surface area (Å²) in [6.45, 7) is 0. The highest BCUT2D eigenvalue weighted by Crippen LogP contribution is 2.44. The molecule has 0 unspecified atom stereocenters. The Hall–Kier alpha value is -7.40. The second kappa shape index (κ2) is 12.1. The molecular formula is C54H33N3S. The second-order valence-corrected chi connectivity index (χ2v) is 16.4. The summed E-state index contributed by atoms with van der Waals surface area (Å²) in [4.78, 5) is 0. The van der Waals surface area contributed by atoms with E-state index in [4.69, 9.17) is 0 Å². The first kappa shape index (κ1) is 31.8. The van der Waals surface area contributed by atoms with Crippen LogP contribution in [0.15, 0.2) is 200 Å². The zero-order valence-corrected chi connectivity index (χ0v) is 32.1. The SMILES string of the molecule is c1ccc(-n2c3ccccc3c3cc4c5ccccc5n(-c5ccc(-c6cc(-n7c8ccccc8c8ccccc87)cc7c6sc6ccccc67)cc5)c4cc32)cc1. The Bertz CT molecular complexity index is 3730. The van der Waals surface area contributed by atoms with Gasteiger partial charge in [-0.15, -0.1) is 11.3 Å². The average molecular weight is 756 g/mol. The normalized spacial score (nSPS) is 12.1. The Balaban J connectivity index is 1.04. The van der Waals surface area contributed by atoms with E-state index in [2.05, 4.69) is 214 Å². The smallest absolute Gasteiger partial charge is 0.0562 e. The van der Waals surface area contributed by atoms with Gasteiger partial charge in [-0.05, 0) is 84.4 Å². The van der Waals surface area contributed by atoms with E-state index in [0.29, 0.717) is 0 Å². The lowest BCUT2D eigenvalue weighted by atomic mass is 10.0. The van der Waals surface area contributed by atoms with Crippen LogP contribution in [0.1, 0.15) is 0 Å². The second-order valence-electron chi connectivity index (χ2n) is 15.3. The van der Waals surface area contributed by atoms with Crippen LogP contribution in [0, 0.1) is 0 Å². The monoisotopic (exact) mass is 755 g/mol. The van der Waals surface area contributed by atoms with Crippen molar-refractivity contribution in [1.29, 1.82) is 0 Å². The number of benzene rings is 9. The number of thiophene rings is 1. The molecule has 4 heterocycles. The predicted molar refractivity (Wildman–Crippen MR) is 248 cm³/mol. The summed E-state index contributed by atoms with van der Waals surface area (Å²) in [5.74, 6) is 0. The Morgan fingerprint density at radius 3 is 1.29 bits per heavy atom. The maximum Gasteiger partial charge on any atom is 0.0562 e. The molecule has 3 nitrogen and oxygen atoms in total. The Morgan fingerprint density at radius 2 is 0.724 bits per heavy atom. The summed E-state index contributed by atoms with van der Waals surface area (Å²) in [5.41, 5.74) is 13.2. The lowest BCUT2D eigenvalue weighted by molar-refractivity contribution is 1.16. The van der Waals surface area contributed by atoms with Gasteiger partial charge in [-0.2, -0.15) is 0 Å². The van der Waals surface area contributed by atoms with E-state index in [9.17, 15) is 0 Å². The number of hydrogen-bond acceptors (Lipinski definition) is 1. The fourth-order valence-electron chi connectivity index (χ4n) is 9.71. The molecule has 9 aromatic carbocycles. The van der Waals surface area contributed by atoms with Crippen LogP contribution in [0.25, 0.3) is 114 Å². The van der Waals surface area contributed by atoms with Crippen molar-refractivity contribution in [3.05, 3.63) is 200 Å². The van der Waals surface area contributed by atoms with E-state index in [1.54, 1.807) is 0 Å². The molecule has 0 fully saturated rings. The van der Waals surface area contributed by atoms with Crippen molar-refractivity contribution in [3.63, 3.8) is 0 Å². The topological polar surface area (TPSA) is 14.8 Å². The maximum atomic E-state index is 2.45. The van der Waals surface area contributed by atoms with Gasteiger partial charge in [0.25, 0.3) is 0 Å². The Morgan fingerprint density at radius 1 is 0.276 bits per heavy atom. The zero-order chi connectivity index (χ0) is 37.9.